The van der Waals surface area contributed by atoms with Crippen LogP contribution in [0.15, 0.2) is 65.8 Å². The lowest BCUT2D eigenvalue weighted by atomic mass is 9.95. The Hall–Kier alpha value is -2.89. The topological polar surface area (TPSA) is 43.3 Å². The van der Waals surface area contributed by atoms with Crippen molar-refractivity contribution in [3.8, 4) is 17.2 Å². The minimum Gasteiger partial charge on any atom is -0.493 e. The number of nitrogens with zero attached hydrogens (tertiary/aromatic N) is 2. The molecule has 5 nitrogen and oxygen atoms in total. The molecule has 3 aromatic rings. The van der Waals surface area contributed by atoms with Gasteiger partial charge in [-0.2, -0.15) is 5.10 Å². The predicted octanol–water partition coefficient (Wildman–Crippen LogP) is 6.25. The number of methoxy groups -OCH3 is 2. The van der Waals surface area contributed by atoms with Gasteiger partial charge in [-0.15, -0.1) is 0 Å². The number of hydrogen-bond donors (Lipinski definition) is 0. The van der Waals surface area contributed by atoms with Crippen LogP contribution in [0.2, 0.25) is 10.0 Å². The quantitative estimate of drug-likeness (QED) is 0.466. The summed E-state index contributed by atoms with van der Waals surface area (Å²) in [7, 11) is 3.25. The van der Waals surface area contributed by atoms with E-state index in [4.69, 9.17) is 42.5 Å². The van der Waals surface area contributed by atoms with E-state index in [1.165, 1.54) is 0 Å². The van der Waals surface area contributed by atoms with E-state index in [9.17, 15) is 0 Å². The molecule has 158 valence electrons. The first-order chi connectivity index (χ1) is 15.1. The first kappa shape index (κ1) is 20.0. The maximum Gasteiger partial charge on any atom is 0.213 e. The van der Waals surface area contributed by atoms with E-state index in [1.807, 2.05) is 65.7 Å². The van der Waals surface area contributed by atoms with E-state index in [-0.39, 0.29) is 12.3 Å². The van der Waals surface area contributed by atoms with Crippen molar-refractivity contribution in [1.82, 2.24) is 5.01 Å². The fourth-order valence-electron chi connectivity index (χ4n) is 4.10. The van der Waals surface area contributed by atoms with Crippen molar-refractivity contribution in [3.05, 3.63) is 87.4 Å². The molecule has 0 amide bonds. The van der Waals surface area contributed by atoms with Crippen molar-refractivity contribution in [1.29, 1.82) is 0 Å². The number of fused-ring (bicyclic) bond motifs is 3. The molecule has 0 aliphatic carbocycles. The predicted molar refractivity (Wildman–Crippen MR) is 122 cm³/mol. The summed E-state index contributed by atoms with van der Waals surface area (Å²) in [5, 5.41) is 8.33. The molecule has 2 heterocycles. The number of halogens is 2. The third-order valence-electron chi connectivity index (χ3n) is 5.62. The molecule has 0 N–H and O–H groups in total. The molecule has 0 saturated carbocycles. The zero-order valence-corrected chi connectivity index (χ0v) is 18.5. The van der Waals surface area contributed by atoms with Crippen LogP contribution in [-0.2, 0) is 0 Å². The van der Waals surface area contributed by atoms with Crippen LogP contribution in [0.5, 0.6) is 17.2 Å². The van der Waals surface area contributed by atoms with Crippen LogP contribution < -0.4 is 14.2 Å². The van der Waals surface area contributed by atoms with Crippen LogP contribution in [0, 0.1) is 0 Å². The summed E-state index contributed by atoms with van der Waals surface area (Å²) in [5.41, 5.74) is 3.93. The highest BCUT2D eigenvalue weighted by molar-refractivity contribution is 6.30. The van der Waals surface area contributed by atoms with Crippen LogP contribution >= 0.6 is 23.2 Å². The van der Waals surface area contributed by atoms with Crippen LogP contribution in [0.1, 0.15) is 35.4 Å². The second-order valence-corrected chi connectivity index (χ2v) is 8.29. The lowest BCUT2D eigenvalue weighted by Gasteiger charge is -2.38. The monoisotopic (exact) mass is 454 g/mol. The molecular weight excluding hydrogens is 435 g/mol. The Morgan fingerprint density at radius 2 is 1.65 bits per heavy atom. The van der Waals surface area contributed by atoms with Crippen molar-refractivity contribution in [2.24, 2.45) is 5.10 Å². The highest BCUT2D eigenvalue weighted by Crippen LogP contribution is 2.48. The summed E-state index contributed by atoms with van der Waals surface area (Å²) in [6.07, 6.45) is 0.351. The molecule has 5 rings (SSSR count). The Bertz CT molecular complexity index is 1160. The molecule has 0 bridgehead atoms. The number of rotatable bonds is 4. The van der Waals surface area contributed by atoms with E-state index < -0.39 is 0 Å². The SMILES string of the molecule is COc1ccc(C2=NN3C(C2)c2cc(Cl)ccc2OC3c2ccc(Cl)cc2)cc1OC. The van der Waals surface area contributed by atoms with Gasteiger partial charge in [-0.1, -0.05) is 35.3 Å². The van der Waals surface area contributed by atoms with Gasteiger partial charge >= 0.3 is 0 Å². The molecule has 0 spiro atoms. The summed E-state index contributed by atoms with van der Waals surface area (Å²) >= 11 is 12.4. The van der Waals surface area contributed by atoms with Gasteiger partial charge in [-0.3, -0.25) is 0 Å². The molecule has 31 heavy (non-hydrogen) atoms. The molecule has 2 atom stereocenters. The lowest BCUT2D eigenvalue weighted by Crippen LogP contribution is -2.33. The van der Waals surface area contributed by atoms with Gasteiger partial charge in [0.15, 0.2) is 11.5 Å². The van der Waals surface area contributed by atoms with Crippen molar-refractivity contribution >= 4 is 28.9 Å². The Labute approximate surface area is 190 Å². The smallest absolute Gasteiger partial charge is 0.213 e. The van der Waals surface area contributed by atoms with Gasteiger partial charge in [-0.25, -0.2) is 5.01 Å². The Morgan fingerprint density at radius 1 is 0.903 bits per heavy atom. The zero-order valence-electron chi connectivity index (χ0n) is 17.0. The summed E-state index contributed by atoms with van der Waals surface area (Å²) < 4.78 is 17.2. The molecule has 0 aromatic heterocycles. The summed E-state index contributed by atoms with van der Waals surface area (Å²) in [6, 6.07) is 19.2. The number of hydrazone groups is 1. The molecule has 2 aliphatic heterocycles. The molecule has 7 heteroatoms. The molecule has 0 radical (unpaired) electrons. The number of hydrogen-bond acceptors (Lipinski definition) is 5. The maximum atomic E-state index is 6.36. The highest BCUT2D eigenvalue weighted by Gasteiger charge is 2.41. The average Bonchev–Trinajstić information content (AvgIpc) is 3.24. The second-order valence-electron chi connectivity index (χ2n) is 7.42. The van der Waals surface area contributed by atoms with E-state index in [0.29, 0.717) is 21.5 Å². The van der Waals surface area contributed by atoms with Gasteiger partial charge in [0.1, 0.15) is 5.75 Å². The van der Waals surface area contributed by atoms with Gasteiger partial charge in [0, 0.05) is 33.2 Å². The Morgan fingerprint density at radius 3 is 2.39 bits per heavy atom. The van der Waals surface area contributed by atoms with Crippen molar-refractivity contribution in [2.45, 2.75) is 18.7 Å². The van der Waals surface area contributed by atoms with Crippen LogP contribution in [0.3, 0.4) is 0 Å². The van der Waals surface area contributed by atoms with Crippen LogP contribution in [0.25, 0.3) is 0 Å². The standard InChI is InChI=1S/C24H20Cl2N2O3/c1-29-22-9-5-15(11-23(22)30-2)19-13-20-18-12-17(26)8-10-21(18)31-24(28(20)27-19)14-3-6-16(25)7-4-14/h3-12,20,24H,13H2,1-2H3. The van der Waals surface area contributed by atoms with Gasteiger partial charge in [-0.05, 0) is 48.5 Å². The summed E-state index contributed by atoms with van der Waals surface area (Å²) in [6.45, 7) is 0. The van der Waals surface area contributed by atoms with Crippen molar-refractivity contribution in [2.75, 3.05) is 14.2 Å². The summed E-state index contributed by atoms with van der Waals surface area (Å²) in [5.74, 6) is 2.16. The Balaban J connectivity index is 1.58. The minimum atomic E-state index is -0.367. The van der Waals surface area contributed by atoms with Crippen molar-refractivity contribution < 1.29 is 14.2 Å². The minimum absolute atomic E-state index is 0.00576. The van der Waals surface area contributed by atoms with Gasteiger partial charge in [0.25, 0.3) is 0 Å². The first-order valence-electron chi connectivity index (χ1n) is 9.87. The highest BCUT2D eigenvalue weighted by atomic mass is 35.5. The maximum absolute atomic E-state index is 6.36. The third-order valence-corrected chi connectivity index (χ3v) is 6.11. The van der Waals surface area contributed by atoms with Gasteiger partial charge in [0.2, 0.25) is 6.23 Å². The fourth-order valence-corrected chi connectivity index (χ4v) is 4.40. The van der Waals surface area contributed by atoms with Crippen LogP contribution in [0.4, 0.5) is 0 Å². The van der Waals surface area contributed by atoms with E-state index in [0.717, 1.165) is 34.6 Å². The molecule has 0 saturated heterocycles. The largest absolute Gasteiger partial charge is 0.493 e. The fraction of sp³-hybridized carbons (Fsp3) is 0.208. The average molecular weight is 455 g/mol. The van der Waals surface area contributed by atoms with Crippen molar-refractivity contribution in [3.63, 3.8) is 0 Å². The van der Waals surface area contributed by atoms with E-state index in [2.05, 4.69) is 0 Å². The third kappa shape index (κ3) is 3.58. The van der Waals surface area contributed by atoms with Crippen LogP contribution in [-0.4, -0.2) is 24.9 Å². The first-order valence-corrected chi connectivity index (χ1v) is 10.6. The lowest BCUT2D eigenvalue weighted by molar-refractivity contribution is -0.0190. The zero-order chi connectivity index (χ0) is 21.5. The molecule has 0 fully saturated rings. The molecule has 3 aromatic carbocycles. The Kier molecular flexibility index (Phi) is 5.16. The summed E-state index contributed by atoms with van der Waals surface area (Å²) in [4.78, 5) is 0. The van der Waals surface area contributed by atoms with E-state index in [1.54, 1.807) is 14.2 Å². The van der Waals surface area contributed by atoms with Gasteiger partial charge < -0.3 is 14.2 Å². The number of ether oxygens (including phenoxy) is 3. The number of benzene rings is 3. The molecule has 2 unspecified atom stereocenters. The van der Waals surface area contributed by atoms with E-state index >= 15 is 0 Å². The molecular formula is C24H20Cl2N2O3. The van der Waals surface area contributed by atoms with Gasteiger partial charge in [0.05, 0.1) is 26.0 Å². The molecule has 2 aliphatic rings. The normalized spacial score (nSPS) is 19.2. The second kappa shape index (κ2) is 7.98.